The Morgan fingerprint density at radius 3 is 3.18 bits per heavy atom. The smallest absolute Gasteiger partial charge is 0.276 e. The molecule has 1 saturated heterocycles. The Balaban J connectivity index is 1.99. The van der Waals surface area contributed by atoms with E-state index in [0.29, 0.717) is 11.4 Å². The Labute approximate surface area is 99.1 Å². The van der Waals surface area contributed by atoms with Gasteiger partial charge in [0.2, 0.25) is 0 Å². The van der Waals surface area contributed by atoms with Gasteiger partial charge in [-0.1, -0.05) is 0 Å². The summed E-state index contributed by atoms with van der Waals surface area (Å²) in [6, 6.07) is 1.84. The van der Waals surface area contributed by atoms with Crippen LogP contribution in [0, 0.1) is 12.8 Å². The summed E-state index contributed by atoms with van der Waals surface area (Å²) >= 11 is 0. The molecule has 0 spiro atoms. The van der Waals surface area contributed by atoms with Crippen LogP contribution in [-0.2, 0) is 6.54 Å². The number of nitrogens with zero attached hydrogens (tertiary/aromatic N) is 3. The average Bonchev–Trinajstić information content (AvgIpc) is 2.91. The second kappa shape index (κ2) is 4.00. The fourth-order valence-corrected chi connectivity index (χ4v) is 2.44. The fourth-order valence-electron chi connectivity index (χ4n) is 2.44. The van der Waals surface area contributed by atoms with E-state index in [9.17, 15) is 4.79 Å². The SMILES string of the molecule is Cc1cc2c(=O)n(CC3CCNC3)ccn2n1. The number of aryl methyl sites for hydroxylation is 1. The second-order valence-electron chi connectivity index (χ2n) is 4.73. The van der Waals surface area contributed by atoms with Gasteiger partial charge in [-0.05, 0) is 38.4 Å². The summed E-state index contributed by atoms with van der Waals surface area (Å²) in [4.78, 5) is 12.2. The van der Waals surface area contributed by atoms with Gasteiger partial charge in [-0.15, -0.1) is 0 Å². The van der Waals surface area contributed by atoms with Gasteiger partial charge in [0.25, 0.3) is 5.56 Å². The van der Waals surface area contributed by atoms with Crippen LogP contribution in [0.1, 0.15) is 12.1 Å². The van der Waals surface area contributed by atoms with Crippen LogP contribution in [0.3, 0.4) is 0 Å². The van der Waals surface area contributed by atoms with Gasteiger partial charge >= 0.3 is 0 Å². The maximum atomic E-state index is 12.2. The van der Waals surface area contributed by atoms with E-state index in [1.54, 1.807) is 9.08 Å². The van der Waals surface area contributed by atoms with Crippen LogP contribution in [0.25, 0.3) is 5.52 Å². The lowest BCUT2D eigenvalue weighted by molar-refractivity contribution is 0.471. The molecule has 1 N–H and O–H groups in total. The molecule has 90 valence electrons. The Morgan fingerprint density at radius 1 is 1.53 bits per heavy atom. The molecule has 0 saturated carbocycles. The average molecular weight is 232 g/mol. The van der Waals surface area contributed by atoms with Crippen LogP contribution in [0.15, 0.2) is 23.3 Å². The van der Waals surface area contributed by atoms with Gasteiger partial charge in [-0.25, -0.2) is 4.52 Å². The number of fused-ring (bicyclic) bond motifs is 1. The third kappa shape index (κ3) is 1.86. The molecule has 1 unspecified atom stereocenters. The topological polar surface area (TPSA) is 51.3 Å². The first kappa shape index (κ1) is 10.5. The van der Waals surface area contributed by atoms with Gasteiger partial charge in [-0.3, -0.25) is 4.79 Å². The van der Waals surface area contributed by atoms with Crippen LogP contribution < -0.4 is 10.9 Å². The van der Waals surface area contributed by atoms with Crippen molar-refractivity contribution in [3.8, 4) is 0 Å². The largest absolute Gasteiger partial charge is 0.316 e. The van der Waals surface area contributed by atoms with E-state index in [0.717, 1.165) is 31.7 Å². The number of hydrogen-bond acceptors (Lipinski definition) is 3. The molecular formula is C12H16N4O. The highest BCUT2D eigenvalue weighted by Crippen LogP contribution is 2.09. The number of hydrogen-bond donors (Lipinski definition) is 1. The summed E-state index contributed by atoms with van der Waals surface area (Å²) in [6.07, 6.45) is 4.84. The summed E-state index contributed by atoms with van der Waals surface area (Å²) in [5.41, 5.74) is 1.60. The molecule has 5 nitrogen and oxygen atoms in total. The lowest BCUT2D eigenvalue weighted by Crippen LogP contribution is -2.25. The van der Waals surface area contributed by atoms with Crippen LogP contribution in [0.4, 0.5) is 0 Å². The van der Waals surface area contributed by atoms with E-state index in [1.807, 2.05) is 25.4 Å². The van der Waals surface area contributed by atoms with Crippen LogP contribution >= 0.6 is 0 Å². The molecule has 0 bridgehead atoms. The first-order valence-corrected chi connectivity index (χ1v) is 6.00. The standard InChI is InChI=1S/C12H16N4O/c1-9-6-11-12(17)15(4-5-16(11)14-9)8-10-2-3-13-7-10/h4-6,10,13H,2-3,7-8H2,1H3. The van der Waals surface area contributed by atoms with Crippen molar-refractivity contribution < 1.29 is 0 Å². The molecule has 0 amide bonds. The third-order valence-electron chi connectivity index (χ3n) is 3.34. The molecule has 3 rings (SSSR count). The molecule has 1 aliphatic heterocycles. The van der Waals surface area contributed by atoms with Crippen molar-refractivity contribution in [2.75, 3.05) is 13.1 Å². The van der Waals surface area contributed by atoms with Crippen LogP contribution in [0.5, 0.6) is 0 Å². The second-order valence-corrected chi connectivity index (χ2v) is 4.73. The Bertz CT molecular complexity index is 592. The molecule has 0 aromatic carbocycles. The highest BCUT2D eigenvalue weighted by molar-refractivity contribution is 5.44. The van der Waals surface area contributed by atoms with E-state index >= 15 is 0 Å². The predicted octanol–water partition coefficient (Wildman–Crippen LogP) is 0.414. The van der Waals surface area contributed by atoms with Crippen molar-refractivity contribution in [1.29, 1.82) is 0 Å². The van der Waals surface area contributed by atoms with Crippen molar-refractivity contribution in [3.05, 3.63) is 34.5 Å². The van der Waals surface area contributed by atoms with E-state index < -0.39 is 0 Å². The van der Waals surface area contributed by atoms with Crippen molar-refractivity contribution in [2.45, 2.75) is 19.9 Å². The fraction of sp³-hybridized carbons (Fsp3) is 0.500. The molecule has 0 aliphatic carbocycles. The van der Waals surface area contributed by atoms with E-state index in [-0.39, 0.29) is 5.56 Å². The molecule has 1 aliphatic rings. The van der Waals surface area contributed by atoms with Crippen molar-refractivity contribution >= 4 is 5.52 Å². The number of rotatable bonds is 2. The molecule has 5 heteroatoms. The van der Waals surface area contributed by atoms with Gasteiger partial charge in [0.15, 0.2) is 0 Å². The molecule has 1 atom stereocenters. The molecule has 1 fully saturated rings. The molecule has 17 heavy (non-hydrogen) atoms. The Kier molecular flexibility index (Phi) is 2.48. The zero-order valence-electron chi connectivity index (χ0n) is 9.89. The van der Waals surface area contributed by atoms with Gasteiger partial charge < -0.3 is 9.88 Å². The quantitative estimate of drug-likeness (QED) is 0.816. The zero-order chi connectivity index (χ0) is 11.8. The van der Waals surface area contributed by atoms with Crippen molar-refractivity contribution in [1.82, 2.24) is 19.5 Å². The highest BCUT2D eigenvalue weighted by atomic mass is 16.1. The van der Waals surface area contributed by atoms with E-state index in [1.165, 1.54) is 0 Å². The summed E-state index contributed by atoms with van der Waals surface area (Å²) in [7, 11) is 0. The Hall–Kier alpha value is -1.62. The van der Waals surface area contributed by atoms with Crippen LogP contribution in [-0.4, -0.2) is 27.3 Å². The summed E-state index contributed by atoms with van der Waals surface area (Å²) in [5, 5.41) is 7.56. The van der Waals surface area contributed by atoms with E-state index in [2.05, 4.69) is 10.4 Å². The first-order valence-electron chi connectivity index (χ1n) is 6.00. The third-order valence-corrected chi connectivity index (χ3v) is 3.34. The summed E-state index contributed by atoms with van der Waals surface area (Å²) in [6.45, 7) is 4.77. The lowest BCUT2D eigenvalue weighted by Gasteiger charge is -2.10. The molecule has 3 heterocycles. The van der Waals surface area contributed by atoms with Gasteiger partial charge in [-0.2, -0.15) is 5.10 Å². The van der Waals surface area contributed by atoms with Gasteiger partial charge in [0.1, 0.15) is 5.52 Å². The minimum atomic E-state index is 0.0556. The molecule has 2 aromatic heterocycles. The van der Waals surface area contributed by atoms with Gasteiger partial charge in [0, 0.05) is 18.9 Å². The minimum Gasteiger partial charge on any atom is -0.316 e. The zero-order valence-corrected chi connectivity index (χ0v) is 9.89. The predicted molar refractivity (Wildman–Crippen MR) is 65.2 cm³/mol. The Morgan fingerprint density at radius 2 is 2.41 bits per heavy atom. The number of aromatic nitrogens is 3. The van der Waals surface area contributed by atoms with Gasteiger partial charge in [0.05, 0.1) is 5.69 Å². The lowest BCUT2D eigenvalue weighted by atomic mass is 10.1. The van der Waals surface area contributed by atoms with Crippen molar-refractivity contribution in [2.24, 2.45) is 5.92 Å². The van der Waals surface area contributed by atoms with E-state index in [4.69, 9.17) is 0 Å². The maximum Gasteiger partial charge on any atom is 0.276 e. The highest BCUT2D eigenvalue weighted by Gasteiger charge is 2.16. The van der Waals surface area contributed by atoms with Crippen LogP contribution in [0.2, 0.25) is 0 Å². The monoisotopic (exact) mass is 232 g/mol. The first-order chi connectivity index (χ1) is 8.24. The molecular weight excluding hydrogens is 216 g/mol. The summed E-state index contributed by atoms with van der Waals surface area (Å²) < 4.78 is 3.45. The normalized spacial score (nSPS) is 20.2. The molecule has 2 aromatic rings. The molecule has 0 radical (unpaired) electrons. The maximum absolute atomic E-state index is 12.2. The summed E-state index contributed by atoms with van der Waals surface area (Å²) in [5.74, 6) is 0.569. The minimum absolute atomic E-state index is 0.0556. The number of nitrogens with one attached hydrogen (secondary N) is 1. The van der Waals surface area contributed by atoms with Crippen molar-refractivity contribution in [3.63, 3.8) is 0 Å².